The average Bonchev–Trinajstić information content (AvgIpc) is 2.48. The van der Waals surface area contributed by atoms with Crippen LogP contribution >= 0.6 is 0 Å². The molecule has 0 saturated carbocycles. The van der Waals surface area contributed by atoms with E-state index < -0.39 is 6.10 Å². The molecule has 0 amide bonds. The Balaban J connectivity index is 1.80. The van der Waals surface area contributed by atoms with Crippen molar-refractivity contribution < 1.29 is 9.84 Å². The van der Waals surface area contributed by atoms with Crippen molar-refractivity contribution in [3.8, 4) is 5.75 Å². The maximum atomic E-state index is 9.55. The van der Waals surface area contributed by atoms with E-state index in [0.29, 0.717) is 6.61 Å². The van der Waals surface area contributed by atoms with Crippen LogP contribution in [-0.4, -0.2) is 11.7 Å². The minimum absolute atomic E-state index is 0.416. The third kappa shape index (κ3) is 4.56. The first-order valence-electron chi connectivity index (χ1n) is 6.85. The number of para-hydroxylation sites is 1. The van der Waals surface area contributed by atoms with Gasteiger partial charge in [-0.3, -0.25) is 0 Å². The van der Waals surface area contributed by atoms with Gasteiger partial charge in [-0.05, 0) is 36.6 Å². The molecule has 0 radical (unpaired) electrons. The number of ether oxygens (including phenoxy) is 1. The molecule has 0 aliphatic rings. The van der Waals surface area contributed by atoms with E-state index in [0.717, 1.165) is 17.7 Å². The van der Waals surface area contributed by atoms with Crippen LogP contribution in [0, 0.1) is 0 Å². The molecule has 0 saturated heterocycles. The van der Waals surface area contributed by atoms with Crippen LogP contribution in [0.1, 0.15) is 24.2 Å². The maximum absolute atomic E-state index is 9.55. The SMILES string of the molecule is CC(O)c1cccc(CC=CCOc2ccccc2)c1. The van der Waals surface area contributed by atoms with Crippen molar-refractivity contribution in [2.45, 2.75) is 19.4 Å². The van der Waals surface area contributed by atoms with Crippen molar-refractivity contribution in [3.05, 3.63) is 77.9 Å². The minimum Gasteiger partial charge on any atom is -0.490 e. The molecule has 20 heavy (non-hydrogen) atoms. The molecule has 0 aliphatic heterocycles. The van der Waals surface area contributed by atoms with E-state index in [9.17, 15) is 5.11 Å². The molecular formula is C18H20O2. The van der Waals surface area contributed by atoms with Crippen LogP contribution in [-0.2, 0) is 6.42 Å². The zero-order valence-electron chi connectivity index (χ0n) is 11.7. The van der Waals surface area contributed by atoms with E-state index in [1.165, 1.54) is 5.56 Å². The molecule has 0 heterocycles. The van der Waals surface area contributed by atoms with Gasteiger partial charge in [0.1, 0.15) is 12.4 Å². The van der Waals surface area contributed by atoms with E-state index >= 15 is 0 Å². The molecule has 0 fully saturated rings. The van der Waals surface area contributed by atoms with E-state index in [1.54, 1.807) is 6.92 Å². The summed E-state index contributed by atoms with van der Waals surface area (Å²) in [6, 6.07) is 17.8. The average molecular weight is 268 g/mol. The van der Waals surface area contributed by atoms with Gasteiger partial charge in [0.2, 0.25) is 0 Å². The summed E-state index contributed by atoms with van der Waals surface area (Å²) in [7, 11) is 0. The van der Waals surface area contributed by atoms with Crippen LogP contribution in [0.3, 0.4) is 0 Å². The van der Waals surface area contributed by atoms with Crippen LogP contribution in [0.25, 0.3) is 0 Å². The molecule has 2 nitrogen and oxygen atoms in total. The summed E-state index contributed by atoms with van der Waals surface area (Å²) in [5, 5.41) is 9.55. The van der Waals surface area contributed by atoms with Crippen LogP contribution in [0.5, 0.6) is 5.75 Å². The topological polar surface area (TPSA) is 29.5 Å². The van der Waals surface area contributed by atoms with Crippen LogP contribution in [0.15, 0.2) is 66.7 Å². The molecule has 1 N–H and O–H groups in total. The Morgan fingerprint density at radius 3 is 2.60 bits per heavy atom. The highest BCUT2D eigenvalue weighted by Gasteiger charge is 2.00. The molecular weight excluding hydrogens is 248 g/mol. The van der Waals surface area contributed by atoms with Crippen LogP contribution in [0.4, 0.5) is 0 Å². The van der Waals surface area contributed by atoms with Gasteiger partial charge in [-0.2, -0.15) is 0 Å². The lowest BCUT2D eigenvalue weighted by molar-refractivity contribution is 0.199. The molecule has 1 atom stereocenters. The lowest BCUT2D eigenvalue weighted by atomic mass is 10.1. The van der Waals surface area contributed by atoms with E-state index in [1.807, 2.05) is 54.6 Å². The largest absolute Gasteiger partial charge is 0.490 e. The molecule has 0 aliphatic carbocycles. The summed E-state index contributed by atoms with van der Waals surface area (Å²) in [5.41, 5.74) is 2.15. The quantitative estimate of drug-likeness (QED) is 0.805. The Morgan fingerprint density at radius 2 is 1.85 bits per heavy atom. The second-order valence-corrected chi connectivity index (χ2v) is 4.72. The van der Waals surface area contributed by atoms with E-state index in [4.69, 9.17) is 4.74 Å². The van der Waals surface area contributed by atoms with Crippen molar-refractivity contribution in [2.75, 3.05) is 6.61 Å². The van der Waals surface area contributed by atoms with Crippen LogP contribution in [0.2, 0.25) is 0 Å². The van der Waals surface area contributed by atoms with Crippen molar-refractivity contribution in [3.63, 3.8) is 0 Å². The minimum atomic E-state index is -0.416. The number of allylic oxidation sites excluding steroid dienone is 1. The highest BCUT2D eigenvalue weighted by atomic mass is 16.5. The molecule has 2 rings (SSSR count). The Labute approximate surface area is 120 Å². The van der Waals surface area contributed by atoms with Gasteiger partial charge >= 0.3 is 0 Å². The monoisotopic (exact) mass is 268 g/mol. The fourth-order valence-corrected chi connectivity index (χ4v) is 1.93. The van der Waals surface area contributed by atoms with Gasteiger partial charge in [0.25, 0.3) is 0 Å². The first kappa shape index (κ1) is 14.4. The summed E-state index contributed by atoms with van der Waals surface area (Å²) in [6.45, 7) is 2.35. The molecule has 104 valence electrons. The second kappa shape index (κ2) is 7.51. The Morgan fingerprint density at radius 1 is 1.05 bits per heavy atom. The fraction of sp³-hybridized carbons (Fsp3) is 0.222. The first-order valence-corrected chi connectivity index (χ1v) is 6.85. The highest BCUT2D eigenvalue weighted by molar-refractivity contribution is 5.26. The predicted octanol–water partition coefficient (Wildman–Crippen LogP) is 3.92. The third-order valence-electron chi connectivity index (χ3n) is 3.04. The van der Waals surface area contributed by atoms with Crippen molar-refractivity contribution in [1.82, 2.24) is 0 Å². The van der Waals surface area contributed by atoms with Gasteiger partial charge in [-0.15, -0.1) is 0 Å². The predicted molar refractivity (Wildman–Crippen MR) is 81.9 cm³/mol. The summed E-state index contributed by atoms with van der Waals surface area (Å²) < 4.78 is 5.58. The molecule has 0 bridgehead atoms. The first-order chi connectivity index (χ1) is 9.75. The van der Waals surface area contributed by atoms with Gasteiger partial charge in [0, 0.05) is 0 Å². The summed E-state index contributed by atoms with van der Waals surface area (Å²) in [4.78, 5) is 0. The smallest absolute Gasteiger partial charge is 0.119 e. The second-order valence-electron chi connectivity index (χ2n) is 4.72. The summed E-state index contributed by atoms with van der Waals surface area (Å²) >= 11 is 0. The number of aliphatic hydroxyl groups is 1. The Kier molecular flexibility index (Phi) is 5.39. The summed E-state index contributed by atoms with van der Waals surface area (Å²) in [6.07, 6.45) is 4.53. The number of hydrogen-bond acceptors (Lipinski definition) is 2. The lowest BCUT2D eigenvalue weighted by Crippen LogP contribution is -1.94. The Bertz CT molecular complexity index is 544. The Hall–Kier alpha value is -2.06. The van der Waals surface area contributed by atoms with Gasteiger partial charge in [-0.1, -0.05) is 54.6 Å². The van der Waals surface area contributed by atoms with Crippen molar-refractivity contribution in [2.24, 2.45) is 0 Å². The maximum Gasteiger partial charge on any atom is 0.119 e. The van der Waals surface area contributed by atoms with Crippen molar-refractivity contribution in [1.29, 1.82) is 0 Å². The van der Waals surface area contributed by atoms with Gasteiger partial charge in [-0.25, -0.2) is 0 Å². The van der Waals surface area contributed by atoms with Gasteiger partial charge in [0.15, 0.2) is 0 Å². The van der Waals surface area contributed by atoms with Crippen LogP contribution < -0.4 is 4.74 Å². The molecule has 0 spiro atoms. The van der Waals surface area contributed by atoms with Gasteiger partial charge < -0.3 is 9.84 Å². The summed E-state index contributed by atoms with van der Waals surface area (Å²) in [5.74, 6) is 0.883. The standard InChI is InChI=1S/C18H20O2/c1-15(19)17-10-7-9-16(14-17)8-5-6-13-20-18-11-3-2-4-12-18/h2-7,9-12,14-15,19H,8,13H2,1H3. The number of aliphatic hydroxyl groups excluding tert-OH is 1. The lowest BCUT2D eigenvalue weighted by Gasteiger charge is -2.06. The molecule has 2 heteroatoms. The number of benzene rings is 2. The third-order valence-corrected chi connectivity index (χ3v) is 3.04. The zero-order chi connectivity index (χ0) is 14.2. The fourth-order valence-electron chi connectivity index (χ4n) is 1.93. The van der Waals surface area contributed by atoms with Gasteiger partial charge in [0.05, 0.1) is 6.10 Å². The zero-order valence-corrected chi connectivity index (χ0v) is 11.7. The normalized spacial score (nSPS) is 12.5. The van der Waals surface area contributed by atoms with Crippen molar-refractivity contribution >= 4 is 0 Å². The molecule has 0 aromatic heterocycles. The van der Waals surface area contributed by atoms with E-state index in [2.05, 4.69) is 12.1 Å². The number of hydrogen-bond donors (Lipinski definition) is 1. The molecule has 2 aromatic carbocycles. The highest BCUT2D eigenvalue weighted by Crippen LogP contribution is 2.14. The number of rotatable bonds is 6. The molecule has 2 aromatic rings. The van der Waals surface area contributed by atoms with E-state index in [-0.39, 0.29) is 0 Å². The molecule has 1 unspecified atom stereocenters.